The second kappa shape index (κ2) is 9.21. The summed E-state index contributed by atoms with van der Waals surface area (Å²) < 4.78 is 0.757. The van der Waals surface area contributed by atoms with E-state index in [2.05, 4.69) is 46.8 Å². The second-order valence-corrected chi connectivity index (χ2v) is 9.46. The molecule has 2 aromatic carbocycles. The minimum absolute atomic E-state index is 0.0529. The fourth-order valence-electron chi connectivity index (χ4n) is 2.47. The molecule has 0 saturated carbocycles. The molecule has 28 heavy (non-hydrogen) atoms. The van der Waals surface area contributed by atoms with Crippen molar-refractivity contribution in [3.63, 3.8) is 0 Å². The van der Waals surface area contributed by atoms with Crippen molar-refractivity contribution in [2.75, 3.05) is 10.6 Å². The van der Waals surface area contributed by atoms with Gasteiger partial charge in [-0.1, -0.05) is 66.8 Å². The first-order chi connectivity index (χ1) is 13.4. The van der Waals surface area contributed by atoms with Gasteiger partial charge in [-0.2, -0.15) is 0 Å². The summed E-state index contributed by atoms with van der Waals surface area (Å²) in [7, 11) is 0. The fourth-order valence-corrected chi connectivity index (χ4v) is 4.38. The molecule has 0 radical (unpaired) electrons. The molecule has 0 aliphatic carbocycles. The first-order valence-corrected chi connectivity index (χ1v) is 10.8. The number of aromatic nitrogens is 2. The van der Waals surface area contributed by atoms with Crippen LogP contribution >= 0.6 is 23.1 Å². The van der Waals surface area contributed by atoms with Crippen LogP contribution in [0.4, 0.5) is 16.5 Å². The molecule has 0 unspecified atom stereocenters. The number of rotatable bonds is 7. The highest BCUT2D eigenvalue weighted by Gasteiger charge is 2.17. The Bertz CT molecular complexity index is 920. The molecule has 5 nitrogen and oxygen atoms in total. The highest BCUT2D eigenvalue weighted by molar-refractivity contribution is 8.02. The van der Waals surface area contributed by atoms with Gasteiger partial charge in [0.1, 0.15) is 0 Å². The van der Waals surface area contributed by atoms with Crippen molar-refractivity contribution < 1.29 is 4.79 Å². The first kappa shape index (κ1) is 20.4. The van der Waals surface area contributed by atoms with Gasteiger partial charge in [0.05, 0.1) is 5.25 Å². The number of hydrogen-bond acceptors (Lipinski definition) is 6. The SMILES string of the molecule is Cc1ccc(NC(=O)[C@@H](C)Sc2nnc(Nc3ccc(C(C)C)cc3)s2)cc1. The lowest BCUT2D eigenvalue weighted by molar-refractivity contribution is -0.115. The summed E-state index contributed by atoms with van der Waals surface area (Å²) in [5, 5.41) is 15.0. The van der Waals surface area contributed by atoms with Gasteiger partial charge < -0.3 is 10.6 Å². The predicted molar refractivity (Wildman–Crippen MR) is 119 cm³/mol. The zero-order valence-corrected chi connectivity index (χ0v) is 18.0. The molecular weight excluding hydrogens is 388 g/mol. The Labute approximate surface area is 174 Å². The largest absolute Gasteiger partial charge is 0.330 e. The lowest BCUT2D eigenvalue weighted by Gasteiger charge is -2.10. The van der Waals surface area contributed by atoms with Crippen molar-refractivity contribution in [1.29, 1.82) is 0 Å². The molecule has 0 aliphatic heterocycles. The third kappa shape index (κ3) is 5.56. The molecule has 1 atom stereocenters. The average molecular weight is 413 g/mol. The van der Waals surface area contributed by atoms with E-state index in [4.69, 9.17) is 0 Å². The van der Waals surface area contributed by atoms with Gasteiger partial charge in [-0.15, -0.1) is 10.2 Å². The van der Waals surface area contributed by atoms with E-state index in [1.54, 1.807) is 0 Å². The third-order valence-electron chi connectivity index (χ3n) is 4.20. The Balaban J connectivity index is 1.55. The maximum Gasteiger partial charge on any atom is 0.237 e. The fraction of sp³-hybridized carbons (Fsp3) is 0.286. The minimum Gasteiger partial charge on any atom is -0.330 e. The molecule has 0 bridgehead atoms. The molecule has 3 aromatic rings. The van der Waals surface area contributed by atoms with E-state index in [1.165, 1.54) is 28.7 Å². The third-order valence-corrected chi connectivity index (χ3v) is 6.22. The molecule has 0 spiro atoms. The van der Waals surface area contributed by atoms with Crippen LogP contribution in [0.1, 0.15) is 37.8 Å². The number of benzene rings is 2. The maximum atomic E-state index is 12.4. The summed E-state index contributed by atoms with van der Waals surface area (Å²) in [6, 6.07) is 16.1. The number of nitrogens with zero attached hydrogens (tertiary/aromatic N) is 2. The van der Waals surface area contributed by atoms with Crippen molar-refractivity contribution >= 4 is 45.5 Å². The summed E-state index contributed by atoms with van der Waals surface area (Å²) in [6.07, 6.45) is 0. The molecule has 3 rings (SSSR count). The average Bonchev–Trinajstić information content (AvgIpc) is 3.10. The maximum absolute atomic E-state index is 12.4. The normalized spacial score (nSPS) is 12.0. The van der Waals surface area contributed by atoms with E-state index < -0.39 is 0 Å². The topological polar surface area (TPSA) is 66.9 Å². The Hall–Kier alpha value is -2.38. The molecule has 1 heterocycles. The number of aryl methyl sites for hydroxylation is 1. The lowest BCUT2D eigenvalue weighted by atomic mass is 10.0. The highest BCUT2D eigenvalue weighted by Crippen LogP contribution is 2.31. The van der Waals surface area contributed by atoms with Gasteiger partial charge in [0.2, 0.25) is 11.0 Å². The van der Waals surface area contributed by atoms with Gasteiger partial charge in [0, 0.05) is 11.4 Å². The zero-order valence-electron chi connectivity index (χ0n) is 16.4. The lowest BCUT2D eigenvalue weighted by Crippen LogP contribution is -2.22. The van der Waals surface area contributed by atoms with Gasteiger partial charge in [0.15, 0.2) is 4.34 Å². The smallest absolute Gasteiger partial charge is 0.237 e. The van der Waals surface area contributed by atoms with E-state index in [1.807, 2.05) is 50.2 Å². The highest BCUT2D eigenvalue weighted by atomic mass is 32.2. The van der Waals surface area contributed by atoms with Crippen LogP contribution in [0, 0.1) is 6.92 Å². The molecule has 1 aromatic heterocycles. The Kier molecular flexibility index (Phi) is 6.70. The van der Waals surface area contributed by atoms with Crippen LogP contribution in [0.5, 0.6) is 0 Å². The van der Waals surface area contributed by atoms with E-state index in [0.717, 1.165) is 21.3 Å². The molecule has 0 aliphatic rings. The Morgan fingerprint density at radius 3 is 2.25 bits per heavy atom. The summed E-state index contributed by atoms with van der Waals surface area (Å²) in [4.78, 5) is 12.4. The van der Waals surface area contributed by atoms with Gasteiger partial charge in [-0.3, -0.25) is 4.79 Å². The number of hydrogen-bond donors (Lipinski definition) is 2. The molecule has 1 amide bonds. The van der Waals surface area contributed by atoms with Crippen LogP contribution in [0.2, 0.25) is 0 Å². The van der Waals surface area contributed by atoms with E-state index >= 15 is 0 Å². The Morgan fingerprint density at radius 2 is 1.61 bits per heavy atom. The number of nitrogens with one attached hydrogen (secondary N) is 2. The van der Waals surface area contributed by atoms with E-state index in [-0.39, 0.29) is 11.2 Å². The number of carbonyl (C=O) groups excluding carboxylic acids is 1. The predicted octanol–water partition coefficient (Wildman–Crippen LogP) is 5.83. The quantitative estimate of drug-likeness (QED) is 0.478. The van der Waals surface area contributed by atoms with Crippen LogP contribution in [0.25, 0.3) is 0 Å². The molecule has 2 N–H and O–H groups in total. The van der Waals surface area contributed by atoms with Crippen LogP contribution in [0.15, 0.2) is 52.9 Å². The zero-order chi connectivity index (χ0) is 20.1. The van der Waals surface area contributed by atoms with Crippen molar-refractivity contribution in [2.24, 2.45) is 0 Å². The molecule has 0 fully saturated rings. The van der Waals surface area contributed by atoms with Gasteiger partial charge in [-0.25, -0.2) is 0 Å². The molecule has 0 saturated heterocycles. The van der Waals surface area contributed by atoms with Crippen LogP contribution in [-0.2, 0) is 4.79 Å². The van der Waals surface area contributed by atoms with Crippen LogP contribution in [-0.4, -0.2) is 21.4 Å². The van der Waals surface area contributed by atoms with Gasteiger partial charge in [-0.05, 0) is 49.6 Å². The summed E-state index contributed by atoms with van der Waals surface area (Å²) in [5.41, 5.74) is 4.23. The Morgan fingerprint density at radius 1 is 0.964 bits per heavy atom. The number of thioether (sulfide) groups is 1. The van der Waals surface area contributed by atoms with Gasteiger partial charge in [0.25, 0.3) is 0 Å². The summed E-state index contributed by atoms with van der Waals surface area (Å²) in [5.74, 6) is 0.453. The van der Waals surface area contributed by atoms with Crippen LogP contribution in [0.3, 0.4) is 0 Å². The first-order valence-electron chi connectivity index (χ1n) is 9.15. The molecule has 7 heteroatoms. The van der Waals surface area contributed by atoms with Crippen molar-refractivity contribution in [3.05, 3.63) is 59.7 Å². The monoisotopic (exact) mass is 412 g/mol. The molecular formula is C21H24N4OS2. The second-order valence-electron chi connectivity index (χ2n) is 6.89. The number of carbonyl (C=O) groups is 1. The van der Waals surface area contributed by atoms with E-state index in [0.29, 0.717) is 11.0 Å². The summed E-state index contributed by atoms with van der Waals surface area (Å²) >= 11 is 2.85. The van der Waals surface area contributed by atoms with Crippen LogP contribution < -0.4 is 10.6 Å². The number of amides is 1. The van der Waals surface area contributed by atoms with Crippen molar-refractivity contribution in [3.8, 4) is 0 Å². The summed E-state index contributed by atoms with van der Waals surface area (Å²) in [6.45, 7) is 8.23. The molecule has 146 valence electrons. The van der Waals surface area contributed by atoms with Crippen molar-refractivity contribution in [2.45, 2.75) is 43.2 Å². The number of anilines is 3. The van der Waals surface area contributed by atoms with Crippen molar-refractivity contribution in [1.82, 2.24) is 10.2 Å². The minimum atomic E-state index is -0.271. The van der Waals surface area contributed by atoms with Gasteiger partial charge >= 0.3 is 0 Å². The standard InChI is InChI=1S/C21H24N4OS2/c1-13(2)16-7-11-18(12-8-16)23-20-24-25-21(28-20)27-15(4)19(26)22-17-9-5-14(3)6-10-17/h5-13,15H,1-4H3,(H,22,26)(H,23,24)/t15-/m1/s1. The van der Waals surface area contributed by atoms with E-state index in [9.17, 15) is 4.79 Å².